The van der Waals surface area contributed by atoms with Gasteiger partial charge in [0.1, 0.15) is 10.7 Å². The summed E-state index contributed by atoms with van der Waals surface area (Å²) in [7, 11) is 0. The number of hydrogen-bond acceptors (Lipinski definition) is 4. The largest absolute Gasteiger partial charge is 0.396 e. The van der Waals surface area contributed by atoms with E-state index in [9.17, 15) is 9.18 Å². The number of rotatable bonds is 2. The van der Waals surface area contributed by atoms with Crippen molar-refractivity contribution in [1.29, 1.82) is 0 Å². The van der Waals surface area contributed by atoms with E-state index in [1.54, 1.807) is 6.07 Å². The molecule has 0 atom stereocenters. The van der Waals surface area contributed by atoms with Gasteiger partial charge in [-0.05, 0) is 25.1 Å². The van der Waals surface area contributed by atoms with Crippen molar-refractivity contribution < 1.29 is 9.18 Å². The molecule has 0 saturated carbocycles. The van der Waals surface area contributed by atoms with Crippen molar-refractivity contribution in [2.45, 2.75) is 6.92 Å². The molecule has 0 spiro atoms. The third-order valence-corrected chi connectivity index (χ3v) is 3.01. The molecule has 17 heavy (non-hydrogen) atoms. The van der Waals surface area contributed by atoms with Gasteiger partial charge in [0.25, 0.3) is 5.91 Å². The number of amides is 1. The van der Waals surface area contributed by atoms with Crippen molar-refractivity contribution in [3.8, 4) is 0 Å². The highest BCUT2D eigenvalue weighted by atomic mass is 32.1. The summed E-state index contributed by atoms with van der Waals surface area (Å²) in [5.41, 5.74) is 5.76. The van der Waals surface area contributed by atoms with Gasteiger partial charge in [0.15, 0.2) is 0 Å². The SMILES string of the molecule is Cc1ncc(C(=O)Nc2ccc(N)c(F)c2)s1. The number of carbonyl (C=O) groups is 1. The van der Waals surface area contributed by atoms with Crippen molar-refractivity contribution in [2.24, 2.45) is 0 Å². The molecule has 1 aromatic carbocycles. The van der Waals surface area contributed by atoms with Crippen molar-refractivity contribution in [3.63, 3.8) is 0 Å². The van der Waals surface area contributed by atoms with Crippen molar-refractivity contribution >= 4 is 28.6 Å². The number of aryl methyl sites for hydroxylation is 1. The summed E-state index contributed by atoms with van der Waals surface area (Å²) in [5, 5.41) is 3.38. The van der Waals surface area contributed by atoms with Crippen LogP contribution in [0.25, 0.3) is 0 Å². The molecule has 0 bridgehead atoms. The number of anilines is 2. The van der Waals surface area contributed by atoms with Gasteiger partial charge in [-0.1, -0.05) is 0 Å². The summed E-state index contributed by atoms with van der Waals surface area (Å²) >= 11 is 1.28. The lowest BCUT2D eigenvalue weighted by molar-refractivity contribution is 0.103. The lowest BCUT2D eigenvalue weighted by Gasteiger charge is -2.04. The maximum atomic E-state index is 13.2. The first-order chi connectivity index (χ1) is 8.06. The first-order valence-corrected chi connectivity index (χ1v) is 5.67. The number of benzene rings is 1. The molecule has 0 unspecified atom stereocenters. The molecule has 6 heteroatoms. The van der Waals surface area contributed by atoms with Crippen LogP contribution in [0, 0.1) is 12.7 Å². The molecule has 0 aliphatic rings. The van der Waals surface area contributed by atoms with E-state index in [0.29, 0.717) is 10.6 Å². The molecular formula is C11H10FN3OS. The molecular weight excluding hydrogens is 241 g/mol. The standard InChI is InChI=1S/C11H10FN3OS/c1-6-14-5-10(17-6)11(16)15-7-2-3-9(13)8(12)4-7/h2-5H,13H2,1H3,(H,15,16). The normalized spacial score (nSPS) is 10.2. The van der Waals surface area contributed by atoms with Gasteiger partial charge in [0.2, 0.25) is 0 Å². The number of nitrogen functional groups attached to an aromatic ring is 1. The van der Waals surface area contributed by atoms with E-state index >= 15 is 0 Å². The minimum absolute atomic E-state index is 0.0524. The summed E-state index contributed by atoms with van der Waals surface area (Å²) in [6.45, 7) is 1.81. The third kappa shape index (κ3) is 2.59. The number of nitrogens with one attached hydrogen (secondary N) is 1. The van der Waals surface area contributed by atoms with Gasteiger partial charge in [-0.15, -0.1) is 11.3 Å². The smallest absolute Gasteiger partial charge is 0.267 e. The number of aromatic nitrogens is 1. The maximum absolute atomic E-state index is 13.2. The minimum atomic E-state index is -0.553. The monoisotopic (exact) mass is 251 g/mol. The van der Waals surface area contributed by atoms with Crippen LogP contribution in [0.15, 0.2) is 24.4 Å². The molecule has 0 saturated heterocycles. The van der Waals surface area contributed by atoms with E-state index < -0.39 is 5.82 Å². The zero-order valence-electron chi connectivity index (χ0n) is 9.03. The Balaban J connectivity index is 2.15. The summed E-state index contributed by atoms with van der Waals surface area (Å²) in [4.78, 5) is 16.2. The van der Waals surface area contributed by atoms with Crippen molar-refractivity contribution in [3.05, 3.63) is 40.1 Å². The molecule has 88 valence electrons. The van der Waals surface area contributed by atoms with Gasteiger partial charge in [0, 0.05) is 5.69 Å². The predicted octanol–water partition coefficient (Wildman–Crippen LogP) is 2.43. The molecule has 0 aliphatic heterocycles. The fraction of sp³-hybridized carbons (Fsp3) is 0.0909. The van der Waals surface area contributed by atoms with Crippen LogP contribution < -0.4 is 11.1 Å². The molecule has 1 aromatic heterocycles. The Morgan fingerprint density at radius 1 is 1.53 bits per heavy atom. The lowest BCUT2D eigenvalue weighted by Crippen LogP contribution is -2.10. The van der Waals surface area contributed by atoms with Crippen LogP contribution in [0.4, 0.5) is 15.8 Å². The van der Waals surface area contributed by atoms with Gasteiger partial charge in [-0.2, -0.15) is 0 Å². The van der Waals surface area contributed by atoms with Gasteiger partial charge >= 0.3 is 0 Å². The fourth-order valence-electron chi connectivity index (χ4n) is 1.26. The van der Waals surface area contributed by atoms with Crippen LogP contribution in [0.3, 0.4) is 0 Å². The number of nitrogens with zero attached hydrogens (tertiary/aromatic N) is 1. The van der Waals surface area contributed by atoms with Gasteiger partial charge < -0.3 is 11.1 Å². The van der Waals surface area contributed by atoms with Crippen LogP contribution >= 0.6 is 11.3 Å². The van der Waals surface area contributed by atoms with E-state index in [0.717, 1.165) is 5.01 Å². The number of hydrogen-bond donors (Lipinski definition) is 2. The summed E-state index contributed by atoms with van der Waals surface area (Å²) in [5.74, 6) is -0.858. The number of nitrogens with two attached hydrogens (primary N) is 1. The Labute approximate surface area is 101 Å². The summed E-state index contributed by atoms with van der Waals surface area (Å²) in [6, 6.07) is 4.13. The van der Waals surface area contributed by atoms with Crippen molar-refractivity contribution in [1.82, 2.24) is 4.98 Å². The van der Waals surface area contributed by atoms with E-state index in [-0.39, 0.29) is 11.6 Å². The predicted molar refractivity (Wildman–Crippen MR) is 65.6 cm³/mol. The molecule has 0 radical (unpaired) electrons. The molecule has 0 fully saturated rings. The molecule has 1 amide bonds. The number of halogens is 1. The highest BCUT2D eigenvalue weighted by Crippen LogP contribution is 2.18. The minimum Gasteiger partial charge on any atom is -0.396 e. The zero-order valence-corrected chi connectivity index (χ0v) is 9.84. The second kappa shape index (κ2) is 4.50. The van der Waals surface area contributed by atoms with Gasteiger partial charge in [-0.3, -0.25) is 4.79 Å². The molecule has 1 heterocycles. The van der Waals surface area contributed by atoms with E-state index in [1.165, 1.54) is 29.7 Å². The van der Waals surface area contributed by atoms with Crippen LogP contribution in [0.1, 0.15) is 14.7 Å². The second-order valence-electron chi connectivity index (χ2n) is 3.43. The quantitative estimate of drug-likeness (QED) is 0.805. The zero-order chi connectivity index (χ0) is 12.4. The number of thiazole rings is 1. The maximum Gasteiger partial charge on any atom is 0.267 e. The average Bonchev–Trinajstić information content (AvgIpc) is 2.70. The van der Waals surface area contributed by atoms with E-state index in [1.807, 2.05) is 6.92 Å². The summed E-state index contributed by atoms with van der Waals surface area (Å²) < 4.78 is 13.2. The molecule has 3 N–H and O–H groups in total. The van der Waals surface area contributed by atoms with Crippen LogP contribution in [0.2, 0.25) is 0 Å². The molecule has 0 aliphatic carbocycles. The van der Waals surface area contributed by atoms with Gasteiger partial charge in [0.05, 0.1) is 16.9 Å². The van der Waals surface area contributed by atoms with E-state index in [4.69, 9.17) is 5.73 Å². The lowest BCUT2D eigenvalue weighted by atomic mass is 10.2. The first-order valence-electron chi connectivity index (χ1n) is 4.85. The highest BCUT2D eigenvalue weighted by Gasteiger charge is 2.10. The Morgan fingerprint density at radius 2 is 2.29 bits per heavy atom. The highest BCUT2D eigenvalue weighted by molar-refractivity contribution is 7.13. The molecule has 2 rings (SSSR count). The van der Waals surface area contributed by atoms with Crippen LogP contribution in [0.5, 0.6) is 0 Å². The third-order valence-electron chi connectivity index (χ3n) is 2.10. The number of carbonyl (C=O) groups excluding carboxylic acids is 1. The second-order valence-corrected chi connectivity index (χ2v) is 4.67. The first kappa shape index (κ1) is 11.5. The van der Waals surface area contributed by atoms with Crippen LogP contribution in [-0.2, 0) is 0 Å². The molecule has 4 nitrogen and oxygen atoms in total. The Morgan fingerprint density at radius 3 is 2.88 bits per heavy atom. The summed E-state index contributed by atoms with van der Waals surface area (Å²) in [6.07, 6.45) is 1.49. The Bertz CT molecular complexity index is 568. The average molecular weight is 251 g/mol. The Hall–Kier alpha value is -1.95. The van der Waals surface area contributed by atoms with Crippen molar-refractivity contribution in [2.75, 3.05) is 11.1 Å². The van der Waals surface area contributed by atoms with Crippen LogP contribution in [-0.4, -0.2) is 10.9 Å². The van der Waals surface area contributed by atoms with Gasteiger partial charge in [-0.25, -0.2) is 9.37 Å². The Kier molecular flexibility index (Phi) is 3.06. The topological polar surface area (TPSA) is 68.0 Å². The fourth-order valence-corrected chi connectivity index (χ4v) is 1.94. The van der Waals surface area contributed by atoms with E-state index in [2.05, 4.69) is 10.3 Å². The molecule has 2 aromatic rings.